The first-order valence-corrected chi connectivity index (χ1v) is 14.5. The Morgan fingerprint density at radius 3 is 2.29 bits per heavy atom. The molecule has 0 amide bonds. The fourth-order valence-electron chi connectivity index (χ4n) is 6.35. The van der Waals surface area contributed by atoms with Gasteiger partial charge in [0, 0.05) is 84.1 Å². The maximum absolute atomic E-state index is 13.4. The minimum Gasteiger partial charge on any atom is -0.369 e. The molecule has 0 radical (unpaired) electrons. The molecule has 206 valence electrons. The Kier molecular flexibility index (Phi) is 6.24. The van der Waals surface area contributed by atoms with E-state index in [1.165, 1.54) is 22.2 Å². The Hall–Kier alpha value is -4.29. The van der Waals surface area contributed by atoms with E-state index in [-0.39, 0.29) is 11.1 Å². The molecule has 2 aromatic carbocycles. The van der Waals surface area contributed by atoms with Gasteiger partial charge in [0.15, 0.2) is 0 Å². The number of anilines is 1. The molecule has 4 heterocycles. The van der Waals surface area contributed by atoms with E-state index in [0.29, 0.717) is 0 Å². The number of benzene rings is 2. The maximum Gasteiger partial charge on any atom is 0.255 e. The van der Waals surface area contributed by atoms with Gasteiger partial charge in [0.05, 0.1) is 11.2 Å². The molecule has 6 heteroatoms. The summed E-state index contributed by atoms with van der Waals surface area (Å²) in [7, 11) is 0. The van der Waals surface area contributed by atoms with Crippen LogP contribution in [0.4, 0.5) is 5.69 Å². The van der Waals surface area contributed by atoms with E-state index < -0.39 is 0 Å². The predicted molar refractivity (Wildman–Crippen MR) is 169 cm³/mol. The molecule has 1 fully saturated rings. The first-order chi connectivity index (χ1) is 19.8. The van der Waals surface area contributed by atoms with Crippen LogP contribution in [0.3, 0.4) is 0 Å². The van der Waals surface area contributed by atoms with Crippen LogP contribution in [0.2, 0.25) is 0 Å². The van der Waals surface area contributed by atoms with Crippen LogP contribution in [-0.4, -0.2) is 51.2 Å². The molecule has 7 rings (SSSR count). The zero-order chi connectivity index (χ0) is 28.1. The third-order valence-electron chi connectivity index (χ3n) is 8.71. The van der Waals surface area contributed by atoms with Crippen molar-refractivity contribution in [2.75, 3.05) is 31.1 Å². The maximum atomic E-state index is 13.4. The summed E-state index contributed by atoms with van der Waals surface area (Å²) in [4.78, 5) is 27.5. The van der Waals surface area contributed by atoms with Crippen LogP contribution < -0.4 is 10.5 Å². The monoisotopic (exact) mass is 541 g/mol. The Balaban J connectivity index is 1.27. The molecule has 1 saturated heterocycles. The van der Waals surface area contributed by atoms with Crippen LogP contribution >= 0.6 is 0 Å². The van der Waals surface area contributed by atoms with Crippen molar-refractivity contribution in [2.45, 2.75) is 39.2 Å². The summed E-state index contributed by atoms with van der Waals surface area (Å²) in [6.45, 7) is 11.0. The Labute approximate surface area is 240 Å². The molecule has 3 aromatic heterocycles. The minimum atomic E-state index is -0.0326. The Morgan fingerprint density at radius 1 is 0.756 bits per heavy atom. The number of aromatic nitrogens is 3. The van der Waals surface area contributed by atoms with Crippen molar-refractivity contribution in [3.8, 4) is 5.69 Å². The largest absolute Gasteiger partial charge is 0.369 e. The van der Waals surface area contributed by atoms with Gasteiger partial charge in [-0.3, -0.25) is 24.2 Å². The normalized spacial score (nSPS) is 16.2. The molecular weight excluding hydrogens is 506 g/mol. The van der Waals surface area contributed by atoms with Crippen LogP contribution in [0, 0.1) is 0 Å². The third kappa shape index (κ3) is 4.72. The highest BCUT2D eigenvalue weighted by Gasteiger charge is 2.26. The lowest BCUT2D eigenvalue weighted by Gasteiger charge is -2.43. The van der Waals surface area contributed by atoms with Crippen molar-refractivity contribution in [2.24, 2.45) is 0 Å². The van der Waals surface area contributed by atoms with Crippen molar-refractivity contribution in [3.05, 3.63) is 106 Å². The molecule has 6 nitrogen and oxygen atoms in total. The SMILES string of the molecule is CC(C)(C)N1CCN(c2ccc(-n3c(=O)ccc4cnc5c(c43)C=C(c3ccc4ccncc4c3)CC5)cc2)CC1. The van der Waals surface area contributed by atoms with E-state index in [1.807, 2.05) is 35.3 Å². The molecule has 0 N–H and O–H groups in total. The van der Waals surface area contributed by atoms with Gasteiger partial charge < -0.3 is 4.90 Å². The zero-order valence-corrected chi connectivity index (χ0v) is 24.0. The topological polar surface area (TPSA) is 54.3 Å². The lowest BCUT2D eigenvalue weighted by atomic mass is 9.89. The molecule has 5 aromatic rings. The van der Waals surface area contributed by atoms with Gasteiger partial charge in [0.1, 0.15) is 0 Å². The minimum absolute atomic E-state index is 0.0326. The Bertz CT molecular complexity index is 1860. The smallest absolute Gasteiger partial charge is 0.255 e. The number of fused-ring (bicyclic) bond motifs is 4. The van der Waals surface area contributed by atoms with Gasteiger partial charge in [-0.2, -0.15) is 0 Å². The van der Waals surface area contributed by atoms with Gasteiger partial charge in [-0.25, -0.2) is 0 Å². The quantitative estimate of drug-likeness (QED) is 0.267. The molecular formula is C35H35N5O. The second kappa shape index (κ2) is 9.96. The fraction of sp³-hybridized carbons (Fsp3) is 0.286. The highest BCUT2D eigenvalue weighted by Crippen LogP contribution is 2.35. The van der Waals surface area contributed by atoms with Gasteiger partial charge in [0.25, 0.3) is 5.56 Å². The van der Waals surface area contributed by atoms with E-state index in [1.54, 1.807) is 6.07 Å². The number of hydrogen-bond donors (Lipinski definition) is 0. The van der Waals surface area contributed by atoms with Gasteiger partial charge in [-0.15, -0.1) is 0 Å². The summed E-state index contributed by atoms with van der Waals surface area (Å²) >= 11 is 0. The lowest BCUT2D eigenvalue weighted by molar-refractivity contribution is 0.128. The first kappa shape index (κ1) is 25.7. The van der Waals surface area contributed by atoms with E-state index in [0.717, 1.165) is 72.3 Å². The lowest BCUT2D eigenvalue weighted by Crippen LogP contribution is -2.53. The van der Waals surface area contributed by atoms with Gasteiger partial charge in [0.2, 0.25) is 0 Å². The molecule has 41 heavy (non-hydrogen) atoms. The third-order valence-corrected chi connectivity index (χ3v) is 8.71. The van der Waals surface area contributed by atoms with Crippen LogP contribution in [0.25, 0.3) is 39.0 Å². The van der Waals surface area contributed by atoms with Gasteiger partial charge in [-0.1, -0.05) is 12.1 Å². The number of allylic oxidation sites excluding steroid dienone is 1. The second-order valence-electron chi connectivity index (χ2n) is 12.2. The average molecular weight is 542 g/mol. The molecule has 0 spiro atoms. The highest BCUT2D eigenvalue weighted by molar-refractivity contribution is 5.97. The summed E-state index contributed by atoms with van der Waals surface area (Å²) in [5.41, 5.74) is 7.68. The van der Waals surface area contributed by atoms with Crippen molar-refractivity contribution >= 4 is 39.0 Å². The molecule has 1 aliphatic carbocycles. The molecule has 1 aliphatic heterocycles. The number of hydrogen-bond acceptors (Lipinski definition) is 5. The molecule has 0 unspecified atom stereocenters. The number of aryl methyl sites for hydroxylation is 1. The fourth-order valence-corrected chi connectivity index (χ4v) is 6.35. The van der Waals surface area contributed by atoms with Crippen LogP contribution in [0.5, 0.6) is 0 Å². The van der Waals surface area contributed by atoms with Crippen molar-refractivity contribution in [1.29, 1.82) is 0 Å². The van der Waals surface area contributed by atoms with Crippen LogP contribution in [0.1, 0.15) is 44.0 Å². The summed E-state index contributed by atoms with van der Waals surface area (Å²) in [5.74, 6) is 0. The van der Waals surface area contributed by atoms with E-state index in [4.69, 9.17) is 4.98 Å². The molecule has 0 atom stereocenters. The number of piperazine rings is 1. The van der Waals surface area contributed by atoms with Crippen LogP contribution in [0.15, 0.2) is 84.0 Å². The van der Waals surface area contributed by atoms with Crippen molar-refractivity contribution in [3.63, 3.8) is 0 Å². The summed E-state index contributed by atoms with van der Waals surface area (Å²) in [5, 5.41) is 3.27. The predicted octanol–water partition coefficient (Wildman–Crippen LogP) is 6.34. The van der Waals surface area contributed by atoms with Crippen molar-refractivity contribution < 1.29 is 0 Å². The van der Waals surface area contributed by atoms with Gasteiger partial charge >= 0.3 is 0 Å². The van der Waals surface area contributed by atoms with E-state index >= 15 is 0 Å². The van der Waals surface area contributed by atoms with Gasteiger partial charge in [-0.05, 0) is 98.7 Å². The number of pyridine rings is 3. The zero-order valence-electron chi connectivity index (χ0n) is 24.0. The summed E-state index contributed by atoms with van der Waals surface area (Å²) in [6, 6.07) is 20.6. The number of nitrogens with zero attached hydrogens (tertiary/aromatic N) is 5. The standard InChI is InChI=1S/C35H35N5O/c1-35(2,3)39-18-16-38(17-19-39)29-8-10-30(11-9-29)40-33(41)13-7-27-23-37-32-12-6-26(21-31(32)34(27)40)25-5-4-24-14-15-36-22-28(24)20-25/h4-5,7-11,13-15,20-23H,6,12,16-19H2,1-3H3. The Morgan fingerprint density at radius 2 is 1.51 bits per heavy atom. The summed E-state index contributed by atoms with van der Waals surface area (Å²) < 4.78 is 1.86. The van der Waals surface area contributed by atoms with Crippen LogP contribution in [-0.2, 0) is 6.42 Å². The highest BCUT2D eigenvalue weighted by atomic mass is 16.1. The molecule has 2 aliphatic rings. The molecule has 0 saturated carbocycles. The van der Waals surface area contributed by atoms with E-state index in [2.05, 4.69) is 84.1 Å². The average Bonchev–Trinajstić information content (AvgIpc) is 3.00. The van der Waals surface area contributed by atoms with Crippen molar-refractivity contribution in [1.82, 2.24) is 19.4 Å². The summed E-state index contributed by atoms with van der Waals surface area (Å²) in [6.07, 6.45) is 9.64. The number of rotatable bonds is 3. The van der Waals surface area contributed by atoms with E-state index in [9.17, 15) is 4.79 Å². The molecule has 0 bridgehead atoms. The first-order valence-electron chi connectivity index (χ1n) is 14.5. The second-order valence-corrected chi connectivity index (χ2v) is 12.2.